The number of halogens is 1. The quantitative estimate of drug-likeness (QED) is 0.688. The third kappa shape index (κ3) is 1.75. The summed E-state index contributed by atoms with van der Waals surface area (Å²) in [4.78, 5) is 11.2. The number of amides is 1. The highest BCUT2D eigenvalue weighted by atomic mass is 19.1. The van der Waals surface area contributed by atoms with E-state index in [9.17, 15) is 9.18 Å². The molecule has 0 atom stereocenters. The Bertz CT molecular complexity index is 454. The van der Waals surface area contributed by atoms with Crippen molar-refractivity contribution in [3.63, 3.8) is 0 Å². The van der Waals surface area contributed by atoms with Crippen LogP contribution in [0.5, 0.6) is 0 Å². The van der Waals surface area contributed by atoms with Gasteiger partial charge >= 0.3 is 0 Å². The molecule has 3 nitrogen and oxygen atoms in total. The molecule has 1 aromatic rings. The molecule has 0 N–H and O–H groups in total. The van der Waals surface area contributed by atoms with E-state index in [2.05, 4.69) is 5.10 Å². The van der Waals surface area contributed by atoms with E-state index in [1.54, 1.807) is 26.1 Å². The van der Waals surface area contributed by atoms with Gasteiger partial charge in [-0.1, -0.05) is 12.1 Å². The van der Waals surface area contributed by atoms with Crippen molar-refractivity contribution in [2.75, 3.05) is 7.05 Å². The zero-order valence-electron chi connectivity index (χ0n) is 8.62. The summed E-state index contributed by atoms with van der Waals surface area (Å²) in [5.74, 6) is -0.330. The van der Waals surface area contributed by atoms with Crippen LogP contribution in [0.3, 0.4) is 0 Å². The molecule has 0 aromatic heterocycles. The Hall–Kier alpha value is -1.71. The van der Waals surface area contributed by atoms with Gasteiger partial charge in [-0.25, -0.2) is 9.40 Å². The molecule has 0 saturated heterocycles. The minimum atomic E-state index is -0.266. The summed E-state index contributed by atoms with van der Waals surface area (Å²) in [6, 6.07) is 4.89. The maximum absolute atomic E-state index is 13.3. The van der Waals surface area contributed by atoms with E-state index >= 15 is 0 Å². The van der Waals surface area contributed by atoms with Crippen molar-refractivity contribution in [1.29, 1.82) is 0 Å². The van der Waals surface area contributed by atoms with Crippen molar-refractivity contribution in [2.24, 2.45) is 5.10 Å². The summed E-state index contributed by atoms with van der Waals surface area (Å²) in [5.41, 5.74) is 1.90. The lowest BCUT2D eigenvalue weighted by Gasteiger charge is -2.01. The van der Waals surface area contributed by atoms with Crippen molar-refractivity contribution in [2.45, 2.75) is 13.3 Å². The normalized spacial score (nSPS) is 15.8. The molecule has 1 aromatic carbocycles. The van der Waals surface area contributed by atoms with Gasteiger partial charge in [-0.15, -0.1) is 0 Å². The first kappa shape index (κ1) is 9.83. The van der Waals surface area contributed by atoms with Crippen molar-refractivity contribution in [3.8, 4) is 0 Å². The Balaban J connectivity index is 2.35. The van der Waals surface area contributed by atoms with Crippen molar-refractivity contribution >= 4 is 11.6 Å². The monoisotopic (exact) mass is 206 g/mol. The zero-order valence-corrected chi connectivity index (χ0v) is 8.62. The van der Waals surface area contributed by atoms with E-state index < -0.39 is 0 Å². The standard InChI is InChI=1S/C11H11FN2O/c1-7-3-4-8(5-9(7)12)10-6-11(15)14(2)13-10/h3-5H,6H2,1-2H3. The van der Waals surface area contributed by atoms with Crippen LogP contribution in [0.1, 0.15) is 17.5 Å². The number of benzene rings is 1. The zero-order chi connectivity index (χ0) is 11.0. The number of carbonyl (C=O) groups is 1. The molecule has 15 heavy (non-hydrogen) atoms. The van der Waals surface area contributed by atoms with Gasteiger partial charge in [0.25, 0.3) is 0 Å². The largest absolute Gasteiger partial charge is 0.273 e. The van der Waals surface area contributed by atoms with Crippen LogP contribution in [0.25, 0.3) is 0 Å². The molecule has 2 rings (SSSR count). The summed E-state index contributed by atoms with van der Waals surface area (Å²) >= 11 is 0. The number of rotatable bonds is 1. The molecule has 1 amide bonds. The fraction of sp³-hybridized carbons (Fsp3) is 0.273. The molecule has 1 aliphatic rings. The minimum absolute atomic E-state index is 0.0639. The van der Waals surface area contributed by atoms with E-state index in [0.717, 1.165) is 0 Å². The number of hydrogen-bond acceptors (Lipinski definition) is 2. The van der Waals surface area contributed by atoms with E-state index in [-0.39, 0.29) is 18.1 Å². The second-order valence-corrected chi connectivity index (χ2v) is 3.60. The Morgan fingerprint density at radius 1 is 1.47 bits per heavy atom. The maximum Gasteiger partial charge on any atom is 0.248 e. The molecule has 0 saturated carbocycles. The predicted molar refractivity (Wildman–Crippen MR) is 55.1 cm³/mol. The Labute approximate surface area is 87.2 Å². The van der Waals surface area contributed by atoms with E-state index in [1.165, 1.54) is 11.1 Å². The minimum Gasteiger partial charge on any atom is -0.273 e. The fourth-order valence-corrected chi connectivity index (χ4v) is 1.46. The Morgan fingerprint density at radius 3 is 2.73 bits per heavy atom. The molecule has 1 aliphatic heterocycles. The van der Waals surface area contributed by atoms with Gasteiger partial charge in [-0.2, -0.15) is 5.10 Å². The molecule has 0 spiro atoms. The van der Waals surface area contributed by atoms with Crippen molar-refractivity contribution in [3.05, 3.63) is 35.1 Å². The van der Waals surface area contributed by atoms with Crippen LogP contribution in [0.4, 0.5) is 4.39 Å². The molecular weight excluding hydrogens is 195 g/mol. The number of hydrogen-bond donors (Lipinski definition) is 0. The topological polar surface area (TPSA) is 32.7 Å². The lowest BCUT2D eigenvalue weighted by atomic mass is 10.1. The summed E-state index contributed by atoms with van der Waals surface area (Å²) in [7, 11) is 1.60. The maximum atomic E-state index is 13.3. The SMILES string of the molecule is Cc1ccc(C2=NN(C)C(=O)C2)cc1F. The van der Waals surface area contributed by atoms with Gasteiger partial charge in [0.2, 0.25) is 5.91 Å². The molecular formula is C11H11FN2O. The van der Waals surface area contributed by atoms with E-state index in [1.807, 2.05) is 0 Å². The van der Waals surface area contributed by atoms with Crippen LogP contribution in [0.15, 0.2) is 23.3 Å². The Kier molecular flexibility index (Phi) is 2.26. The summed E-state index contributed by atoms with van der Waals surface area (Å²) < 4.78 is 13.3. The van der Waals surface area contributed by atoms with Crippen LogP contribution in [-0.2, 0) is 4.79 Å². The smallest absolute Gasteiger partial charge is 0.248 e. The van der Waals surface area contributed by atoms with E-state index in [4.69, 9.17) is 0 Å². The highest BCUT2D eigenvalue weighted by molar-refractivity contribution is 6.13. The highest BCUT2D eigenvalue weighted by Crippen LogP contribution is 2.16. The first-order valence-corrected chi connectivity index (χ1v) is 4.68. The van der Waals surface area contributed by atoms with Crippen molar-refractivity contribution in [1.82, 2.24) is 5.01 Å². The van der Waals surface area contributed by atoms with Gasteiger partial charge in [0.05, 0.1) is 12.1 Å². The molecule has 0 radical (unpaired) electrons. The molecule has 4 heteroatoms. The first-order chi connectivity index (χ1) is 7.08. The van der Waals surface area contributed by atoms with Gasteiger partial charge in [-0.3, -0.25) is 4.79 Å². The Morgan fingerprint density at radius 2 is 2.20 bits per heavy atom. The molecule has 78 valence electrons. The summed E-state index contributed by atoms with van der Waals surface area (Å²) in [6.45, 7) is 1.70. The van der Waals surface area contributed by atoms with Crippen LogP contribution in [0.2, 0.25) is 0 Å². The number of aryl methyl sites for hydroxylation is 1. The van der Waals surface area contributed by atoms with Gasteiger partial charge in [-0.05, 0) is 18.6 Å². The lowest BCUT2D eigenvalue weighted by Crippen LogP contribution is -2.14. The number of carbonyl (C=O) groups excluding carboxylic acids is 1. The molecule has 1 heterocycles. The number of hydrazone groups is 1. The predicted octanol–water partition coefficient (Wildman–Crippen LogP) is 1.70. The molecule has 0 unspecified atom stereocenters. The fourth-order valence-electron chi connectivity index (χ4n) is 1.46. The molecule has 0 fully saturated rings. The molecule has 0 bridgehead atoms. The van der Waals surface area contributed by atoms with Crippen molar-refractivity contribution < 1.29 is 9.18 Å². The van der Waals surface area contributed by atoms with Gasteiger partial charge < -0.3 is 0 Å². The van der Waals surface area contributed by atoms with Gasteiger partial charge in [0.15, 0.2) is 0 Å². The van der Waals surface area contributed by atoms with Gasteiger partial charge in [0.1, 0.15) is 5.82 Å². The average molecular weight is 206 g/mol. The summed E-state index contributed by atoms with van der Waals surface area (Å²) in [6.07, 6.45) is 0.249. The number of nitrogens with zero attached hydrogens (tertiary/aromatic N) is 2. The average Bonchev–Trinajstić information content (AvgIpc) is 2.52. The first-order valence-electron chi connectivity index (χ1n) is 4.68. The second kappa shape index (κ2) is 3.46. The third-order valence-corrected chi connectivity index (χ3v) is 2.46. The van der Waals surface area contributed by atoms with E-state index in [0.29, 0.717) is 16.8 Å². The molecule has 0 aliphatic carbocycles. The third-order valence-electron chi connectivity index (χ3n) is 2.46. The van der Waals surface area contributed by atoms with Crippen LogP contribution >= 0.6 is 0 Å². The second-order valence-electron chi connectivity index (χ2n) is 3.60. The van der Waals surface area contributed by atoms with Crippen LogP contribution < -0.4 is 0 Å². The summed E-state index contributed by atoms with van der Waals surface area (Å²) in [5, 5.41) is 5.33. The van der Waals surface area contributed by atoms with Gasteiger partial charge in [0, 0.05) is 12.6 Å². The highest BCUT2D eigenvalue weighted by Gasteiger charge is 2.21. The lowest BCUT2D eigenvalue weighted by molar-refractivity contribution is -0.127. The van der Waals surface area contributed by atoms with Crippen LogP contribution in [0, 0.1) is 12.7 Å². The van der Waals surface area contributed by atoms with Crippen LogP contribution in [-0.4, -0.2) is 23.7 Å².